The molecule has 0 aliphatic rings. The summed E-state index contributed by atoms with van der Waals surface area (Å²) < 4.78 is 22.6. The van der Waals surface area contributed by atoms with Crippen LogP contribution in [0.4, 0.5) is 23.4 Å². The van der Waals surface area contributed by atoms with Crippen molar-refractivity contribution in [2.75, 3.05) is 10.6 Å². The number of aryl methyl sites for hydroxylation is 1. The first-order valence-electron chi connectivity index (χ1n) is 9.00. The zero-order valence-electron chi connectivity index (χ0n) is 16.3. The van der Waals surface area contributed by atoms with E-state index in [1.54, 1.807) is 24.5 Å². The summed E-state index contributed by atoms with van der Waals surface area (Å²) in [4.78, 5) is 25.6. The van der Waals surface area contributed by atoms with Crippen molar-refractivity contribution in [3.05, 3.63) is 66.7 Å². The monoisotopic (exact) mass is 435 g/mol. The van der Waals surface area contributed by atoms with Crippen molar-refractivity contribution in [2.24, 2.45) is 5.14 Å². The first-order chi connectivity index (χ1) is 14.9. The lowest BCUT2D eigenvalue weighted by atomic mass is 10.3. The molecule has 0 bridgehead atoms. The van der Waals surface area contributed by atoms with Gasteiger partial charge in [0.1, 0.15) is 28.0 Å². The highest BCUT2D eigenvalue weighted by molar-refractivity contribution is 7.89. The van der Waals surface area contributed by atoms with Crippen molar-refractivity contribution in [2.45, 2.75) is 11.8 Å². The van der Waals surface area contributed by atoms with Gasteiger partial charge in [0.05, 0.1) is 0 Å². The van der Waals surface area contributed by atoms with Crippen LogP contribution in [0.3, 0.4) is 0 Å². The minimum absolute atomic E-state index is 0.0861. The molecule has 0 unspecified atom stereocenters. The minimum Gasteiger partial charge on any atom is -0.325 e. The molecule has 0 fully saturated rings. The highest BCUT2D eigenvalue weighted by atomic mass is 32.2. The lowest BCUT2D eigenvalue weighted by Crippen LogP contribution is -2.12. The number of anilines is 4. The molecule has 4 heterocycles. The van der Waals surface area contributed by atoms with Gasteiger partial charge >= 0.3 is 0 Å². The number of nitrogens with two attached hydrogens (primary N) is 1. The van der Waals surface area contributed by atoms with Gasteiger partial charge in [0, 0.05) is 24.3 Å². The summed E-state index contributed by atoms with van der Waals surface area (Å²) in [5, 5.41) is 11.1. The van der Waals surface area contributed by atoms with Crippen molar-refractivity contribution in [1.82, 2.24) is 29.9 Å². The fourth-order valence-electron chi connectivity index (χ4n) is 2.58. The number of nitrogens with one attached hydrogen (secondary N) is 2. The number of pyridine rings is 2. The molecule has 0 amide bonds. The van der Waals surface area contributed by atoms with E-state index in [2.05, 4.69) is 40.5 Å². The van der Waals surface area contributed by atoms with E-state index in [1.165, 1.54) is 12.1 Å². The highest BCUT2D eigenvalue weighted by Crippen LogP contribution is 2.18. The van der Waals surface area contributed by atoms with Crippen molar-refractivity contribution in [3.63, 3.8) is 0 Å². The van der Waals surface area contributed by atoms with Gasteiger partial charge in [-0.3, -0.25) is 0 Å². The molecule has 0 aliphatic carbocycles. The molecule has 156 valence electrons. The maximum Gasteiger partial charge on any atom is 0.239 e. The van der Waals surface area contributed by atoms with Gasteiger partial charge in [0.15, 0.2) is 5.82 Å². The number of nitrogens with zero attached hydrogens (tertiary/aromatic N) is 6. The number of sulfonamides is 1. The van der Waals surface area contributed by atoms with Crippen molar-refractivity contribution in [1.29, 1.82) is 0 Å². The molecule has 0 radical (unpaired) electrons. The standard InChI is InChI=1S/C19H17N9O2S/c1-12-3-2-4-14(24-12)18-21-9-7-16(26-18)25-17-8-10-22-19(28-17)27-15-6-5-13(11-23-15)31(20,29)30/h2-11H,1H3,(H2,20,29,30)(H2,21,22,23,25,26,27,28). The average molecular weight is 435 g/mol. The van der Waals surface area contributed by atoms with Gasteiger partial charge in [-0.1, -0.05) is 6.07 Å². The smallest absolute Gasteiger partial charge is 0.239 e. The van der Waals surface area contributed by atoms with E-state index in [4.69, 9.17) is 5.14 Å². The van der Waals surface area contributed by atoms with Crippen LogP contribution >= 0.6 is 0 Å². The van der Waals surface area contributed by atoms with Crippen LogP contribution in [0, 0.1) is 6.92 Å². The van der Waals surface area contributed by atoms with E-state index >= 15 is 0 Å². The first kappa shape index (κ1) is 20.3. The summed E-state index contributed by atoms with van der Waals surface area (Å²) >= 11 is 0. The number of hydrogen-bond acceptors (Lipinski definition) is 10. The fourth-order valence-corrected chi connectivity index (χ4v) is 3.03. The summed E-state index contributed by atoms with van der Waals surface area (Å²) in [6.45, 7) is 1.90. The summed E-state index contributed by atoms with van der Waals surface area (Å²) in [5.74, 6) is 2.13. The summed E-state index contributed by atoms with van der Waals surface area (Å²) in [7, 11) is -3.81. The molecule has 0 saturated carbocycles. The maximum atomic E-state index is 11.3. The van der Waals surface area contributed by atoms with Gasteiger partial charge in [-0.15, -0.1) is 0 Å². The SMILES string of the molecule is Cc1cccc(-c2nccc(Nc3ccnc(Nc4ccc(S(N)(=O)=O)cn4)n3)n2)n1. The van der Waals surface area contributed by atoms with E-state index in [-0.39, 0.29) is 10.8 Å². The van der Waals surface area contributed by atoms with Crippen molar-refractivity contribution >= 4 is 33.4 Å². The summed E-state index contributed by atoms with van der Waals surface area (Å²) in [6.07, 6.45) is 4.34. The molecule has 0 spiro atoms. The van der Waals surface area contributed by atoms with Crippen LogP contribution < -0.4 is 15.8 Å². The number of hydrogen-bond donors (Lipinski definition) is 3. The Labute approximate surface area is 177 Å². The molecule has 4 N–H and O–H groups in total. The zero-order valence-corrected chi connectivity index (χ0v) is 17.1. The Morgan fingerprint density at radius 3 is 2.29 bits per heavy atom. The van der Waals surface area contributed by atoms with Crippen LogP contribution in [-0.2, 0) is 10.0 Å². The predicted molar refractivity (Wildman–Crippen MR) is 114 cm³/mol. The molecule has 11 nitrogen and oxygen atoms in total. The second kappa shape index (κ2) is 8.38. The van der Waals surface area contributed by atoms with Gasteiger partial charge in [-0.2, -0.15) is 4.98 Å². The molecule has 31 heavy (non-hydrogen) atoms. The first-order valence-corrected chi connectivity index (χ1v) is 10.5. The van der Waals surface area contributed by atoms with Crippen LogP contribution in [0.1, 0.15) is 5.69 Å². The normalized spacial score (nSPS) is 11.2. The third-order valence-electron chi connectivity index (χ3n) is 3.99. The molecule has 4 aromatic heterocycles. The molecular weight excluding hydrogens is 418 g/mol. The van der Waals surface area contributed by atoms with Gasteiger partial charge in [0.2, 0.25) is 16.0 Å². The topological polar surface area (TPSA) is 162 Å². The lowest BCUT2D eigenvalue weighted by molar-refractivity contribution is 0.597. The van der Waals surface area contributed by atoms with Gasteiger partial charge in [-0.25, -0.2) is 38.5 Å². The maximum absolute atomic E-state index is 11.3. The van der Waals surface area contributed by atoms with Crippen LogP contribution in [-0.4, -0.2) is 38.3 Å². The van der Waals surface area contributed by atoms with Gasteiger partial charge < -0.3 is 10.6 Å². The van der Waals surface area contributed by atoms with E-state index in [9.17, 15) is 8.42 Å². The average Bonchev–Trinajstić information content (AvgIpc) is 2.74. The third kappa shape index (κ3) is 5.12. The Hall–Kier alpha value is -4.03. The van der Waals surface area contributed by atoms with Crippen LogP contribution in [0.5, 0.6) is 0 Å². The fraction of sp³-hybridized carbons (Fsp3) is 0.0526. The zero-order chi connectivity index (χ0) is 21.8. The Bertz CT molecular complexity index is 1330. The van der Waals surface area contributed by atoms with Crippen LogP contribution in [0.25, 0.3) is 11.5 Å². The number of rotatable bonds is 6. The minimum atomic E-state index is -3.81. The molecule has 0 saturated heterocycles. The van der Waals surface area contributed by atoms with Gasteiger partial charge in [-0.05, 0) is 43.3 Å². The van der Waals surface area contributed by atoms with Gasteiger partial charge in [0.25, 0.3) is 0 Å². The third-order valence-corrected chi connectivity index (χ3v) is 4.89. The van der Waals surface area contributed by atoms with Crippen molar-refractivity contribution in [3.8, 4) is 11.5 Å². The Morgan fingerprint density at radius 2 is 1.58 bits per heavy atom. The van der Waals surface area contributed by atoms with E-state index in [0.29, 0.717) is 29.0 Å². The van der Waals surface area contributed by atoms with Crippen molar-refractivity contribution < 1.29 is 8.42 Å². The quantitative estimate of drug-likeness (QED) is 0.409. The number of aromatic nitrogens is 6. The molecule has 0 aliphatic heterocycles. The predicted octanol–water partition coefficient (Wildman–Crippen LogP) is 2.17. The van der Waals surface area contributed by atoms with E-state index in [0.717, 1.165) is 11.9 Å². The number of primary sulfonamides is 1. The Morgan fingerprint density at radius 1 is 0.806 bits per heavy atom. The van der Waals surface area contributed by atoms with Crippen LogP contribution in [0.2, 0.25) is 0 Å². The molecule has 12 heteroatoms. The van der Waals surface area contributed by atoms with Crippen LogP contribution in [0.15, 0.2) is 66.0 Å². The summed E-state index contributed by atoms with van der Waals surface area (Å²) in [6, 6.07) is 11.8. The second-order valence-corrected chi connectivity index (χ2v) is 7.93. The largest absolute Gasteiger partial charge is 0.325 e. The molecule has 0 aromatic carbocycles. The molecular formula is C19H17N9O2S. The second-order valence-electron chi connectivity index (χ2n) is 6.37. The molecule has 4 aromatic rings. The van der Waals surface area contributed by atoms with E-state index < -0.39 is 10.0 Å². The highest BCUT2D eigenvalue weighted by Gasteiger charge is 2.09. The Balaban J connectivity index is 1.51. The Kier molecular flexibility index (Phi) is 5.47. The molecule has 4 rings (SSSR count). The summed E-state index contributed by atoms with van der Waals surface area (Å²) in [5.41, 5.74) is 1.54. The van der Waals surface area contributed by atoms with E-state index in [1.807, 2.05) is 25.1 Å². The molecule has 0 atom stereocenters. The lowest BCUT2D eigenvalue weighted by Gasteiger charge is -2.08.